The average molecular weight is 382 g/mol. The van der Waals surface area contributed by atoms with Crippen LogP contribution in [0.1, 0.15) is 24.0 Å². The van der Waals surface area contributed by atoms with Crippen LogP contribution >= 0.6 is 0 Å². The molecule has 2 heterocycles. The Morgan fingerprint density at radius 2 is 1.85 bits per heavy atom. The van der Waals surface area contributed by atoms with E-state index in [4.69, 9.17) is 0 Å². The number of nitrogens with one attached hydrogen (secondary N) is 1. The normalized spacial score (nSPS) is 14.1. The molecule has 3 aromatic rings. The van der Waals surface area contributed by atoms with Crippen LogP contribution in [0.4, 0.5) is 0 Å². The van der Waals surface area contributed by atoms with E-state index in [-0.39, 0.29) is 6.54 Å². The van der Waals surface area contributed by atoms with Gasteiger partial charge in [-0.1, -0.05) is 12.1 Å². The lowest BCUT2D eigenvalue weighted by atomic mass is 9.92. The van der Waals surface area contributed by atoms with Crippen molar-refractivity contribution in [3.63, 3.8) is 0 Å². The molecule has 2 aromatic heterocycles. The Hall–Kier alpha value is -2.51. The van der Waals surface area contributed by atoms with Gasteiger partial charge in [0.15, 0.2) is 5.82 Å². The van der Waals surface area contributed by atoms with E-state index in [1.807, 2.05) is 41.1 Å². The predicted molar refractivity (Wildman–Crippen MR) is 104 cm³/mol. The van der Waals surface area contributed by atoms with Gasteiger partial charge in [-0.25, -0.2) is 18.1 Å². The van der Waals surface area contributed by atoms with Gasteiger partial charge in [-0.3, -0.25) is 4.98 Å². The molecule has 0 saturated carbocycles. The van der Waals surface area contributed by atoms with Crippen LogP contribution in [0.3, 0.4) is 0 Å². The summed E-state index contributed by atoms with van der Waals surface area (Å²) in [6, 6.07) is 11.1. The Morgan fingerprint density at radius 3 is 2.67 bits per heavy atom. The lowest BCUT2D eigenvalue weighted by Gasteiger charge is -2.17. The van der Waals surface area contributed by atoms with E-state index in [1.54, 1.807) is 18.5 Å². The molecular weight excluding hydrogens is 360 g/mol. The Kier molecular flexibility index (Phi) is 5.05. The molecule has 0 spiro atoms. The summed E-state index contributed by atoms with van der Waals surface area (Å²) in [5.74, 6) is 0.726. The summed E-state index contributed by atoms with van der Waals surface area (Å²) in [6.07, 6.45) is 9.55. The van der Waals surface area contributed by atoms with E-state index in [0.29, 0.717) is 11.4 Å². The van der Waals surface area contributed by atoms with Crippen LogP contribution in [-0.2, 0) is 29.4 Å². The Morgan fingerprint density at radius 1 is 1.00 bits per heavy atom. The maximum Gasteiger partial charge on any atom is 0.240 e. The minimum absolute atomic E-state index is 0.287. The largest absolute Gasteiger partial charge is 0.328 e. The summed E-state index contributed by atoms with van der Waals surface area (Å²) >= 11 is 0. The number of benzene rings is 1. The van der Waals surface area contributed by atoms with E-state index in [0.717, 1.165) is 36.3 Å². The summed E-state index contributed by atoms with van der Waals surface area (Å²) in [7, 11) is -3.52. The van der Waals surface area contributed by atoms with Gasteiger partial charge in [-0.2, -0.15) is 0 Å². The number of aryl methyl sites for hydroxylation is 2. The van der Waals surface area contributed by atoms with Gasteiger partial charge >= 0.3 is 0 Å². The van der Waals surface area contributed by atoms with Crippen LogP contribution in [0.2, 0.25) is 0 Å². The number of fused-ring (bicyclic) bond motifs is 1. The van der Waals surface area contributed by atoms with Crippen molar-refractivity contribution >= 4 is 10.0 Å². The first-order valence-corrected chi connectivity index (χ1v) is 10.7. The molecule has 1 aliphatic rings. The maximum atomic E-state index is 12.7. The first-order valence-electron chi connectivity index (χ1n) is 9.17. The maximum absolute atomic E-state index is 12.7. The van der Waals surface area contributed by atoms with Crippen LogP contribution in [0.5, 0.6) is 0 Å². The molecule has 0 aliphatic heterocycles. The Bertz CT molecular complexity index is 1030. The Labute approximate surface area is 159 Å². The van der Waals surface area contributed by atoms with Crippen LogP contribution in [-0.4, -0.2) is 29.5 Å². The topological polar surface area (TPSA) is 76.9 Å². The number of nitrogens with zero attached hydrogens (tertiary/aromatic N) is 3. The summed E-state index contributed by atoms with van der Waals surface area (Å²) in [4.78, 5) is 8.98. The summed E-state index contributed by atoms with van der Waals surface area (Å²) < 4.78 is 29.9. The molecule has 7 heteroatoms. The first kappa shape index (κ1) is 17.9. The quantitative estimate of drug-likeness (QED) is 0.711. The van der Waals surface area contributed by atoms with E-state index in [2.05, 4.69) is 14.7 Å². The minimum Gasteiger partial charge on any atom is -0.328 e. The standard InChI is InChI=1S/C20H22N4O2S/c25-27(26,18-9-8-16-5-1-2-6-17(16)15-18)23-12-14-24-13-11-22-20(24)19-7-3-4-10-21-19/h3-4,7-11,13,15,23H,1-2,5-6,12,14H2. The highest BCUT2D eigenvalue weighted by atomic mass is 32.2. The van der Waals surface area contributed by atoms with E-state index in [1.165, 1.54) is 12.0 Å². The van der Waals surface area contributed by atoms with Crippen molar-refractivity contribution in [2.75, 3.05) is 6.54 Å². The van der Waals surface area contributed by atoms with E-state index >= 15 is 0 Å². The number of rotatable bonds is 6. The minimum atomic E-state index is -3.52. The zero-order valence-electron chi connectivity index (χ0n) is 15.0. The average Bonchev–Trinajstić information content (AvgIpc) is 3.16. The van der Waals surface area contributed by atoms with Crippen molar-refractivity contribution in [3.05, 3.63) is 66.1 Å². The van der Waals surface area contributed by atoms with Crippen molar-refractivity contribution in [2.45, 2.75) is 37.1 Å². The lowest BCUT2D eigenvalue weighted by molar-refractivity contribution is 0.572. The second-order valence-electron chi connectivity index (χ2n) is 6.69. The van der Waals surface area contributed by atoms with Gasteiger partial charge in [0.1, 0.15) is 5.69 Å². The third-order valence-electron chi connectivity index (χ3n) is 4.88. The third-order valence-corrected chi connectivity index (χ3v) is 6.34. The molecular formula is C20H22N4O2S. The smallest absolute Gasteiger partial charge is 0.240 e. The second-order valence-corrected chi connectivity index (χ2v) is 8.46. The van der Waals surface area contributed by atoms with Gasteiger partial charge in [0.25, 0.3) is 0 Å². The lowest BCUT2D eigenvalue weighted by Crippen LogP contribution is -2.27. The predicted octanol–water partition coefficient (Wildman–Crippen LogP) is 2.80. The fourth-order valence-electron chi connectivity index (χ4n) is 3.48. The molecule has 0 fully saturated rings. The highest BCUT2D eigenvalue weighted by molar-refractivity contribution is 7.89. The molecule has 4 rings (SSSR count). The van der Waals surface area contributed by atoms with Crippen molar-refractivity contribution in [1.29, 1.82) is 0 Å². The number of sulfonamides is 1. The number of hydrogen-bond acceptors (Lipinski definition) is 4. The molecule has 6 nitrogen and oxygen atoms in total. The third kappa shape index (κ3) is 3.94. The van der Waals surface area contributed by atoms with Gasteiger partial charge in [0, 0.05) is 31.7 Å². The number of aromatic nitrogens is 3. The molecule has 0 unspecified atom stereocenters. The first-order chi connectivity index (χ1) is 13.1. The van der Waals surface area contributed by atoms with E-state index < -0.39 is 10.0 Å². The van der Waals surface area contributed by atoms with Crippen LogP contribution in [0.25, 0.3) is 11.5 Å². The monoisotopic (exact) mass is 382 g/mol. The van der Waals surface area contributed by atoms with Crippen LogP contribution in [0, 0.1) is 0 Å². The SMILES string of the molecule is O=S(=O)(NCCn1ccnc1-c1ccccn1)c1ccc2c(c1)CCCC2. The summed E-state index contributed by atoms with van der Waals surface area (Å²) in [5.41, 5.74) is 3.20. The van der Waals surface area contributed by atoms with Crippen molar-refractivity contribution < 1.29 is 8.42 Å². The molecule has 0 saturated heterocycles. The highest BCUT2D eigenvalue weighted by Gasteiger charge is 2.17. The van der Waals surface area contributed by atoms with Gasteiger partial charge in [-0.05, 0) is 61.1 Å². The van der Waals surface area contributed by atoms with Crippen LogP contribution < -0.4 is 4.72 Å². The molecule has 27 heavy (non-hydrogen) atoms. The number of hydrogen-bond donors (Lipinski definition) is 1. The molecule has 0 atom stereocenters. The Balaban J connectivity index is 1.44. The zero-order chi connectivity index (χ0) is 18.7. The number of imidazole rings is 1. The molecule has 1 aromatic carbocycles. The van der Waals surface area contributed by atoms with Gasteiger partial charge in [0.05, 0.1) is 4.90 Å². The van der Waals surface area contributed by atoms with E-state index in [9.17, 15) is 8.42 Å². The van der Waals surface area contributed by atoms with Crippen molar-refractivity contribution in [3.8, 4) is 11.5 Å². The van der Waals surface area contributed by atoms with Gasteiger partial charge < -0.3 is 4.57 Å². The molecule has 1 N–H and O–H groups in total. The van der Waals surface area contributed by atoms with Crippen LogP contribution in [0.15, 0.2) is 59.9 Å². The number of pyridine rings is 1. The molecule has 0 radical (unpaired) electrons. The fourth-order valence-corrected chi connectivity index (χ4v) is 4.55. The summed E-state index contributed by atoms with van der Waals surface area (Å²) in [6.45, 7) is 0.770. The van der Waals surface area contributed by atoms with Crippen molar-refractivity contribution in [2.24, 2.45) is 0 Å². The molecule has 0 amide bonds. The zero-order valence-corrected chi connectivity index (χ0v) is 15.8. The molecule has 140 valence electrons. The van der Waals surface area contributed by atoms with Gasteiger partial charge in [0.2, 0.25) is 10.0 Å². The summed E-state index contributed by atoms with van der Waals surface area (Å²) in [5, 5.41) is 0. The van der Waals surface area contributed by atoms with Crippen molar-refractivity contribution in [1.82, 2.24) is 19.3 Å². The van der Waals surface area contributed by atoms with Gasteiger partial charge in [-0.15, -0.1) is 0 Å². The second kappa shape index (κ2) is 7.62. The highest BCUT2D eigenvalue weighted by Crippen LogP contribution is 2.24. The molecule has 0 bridgehead atoms. The molecule has 1 aliphatic carbocycles. The fraction of sp³-hybridized carbons (Fsp3) is 0.300.